The molecule has 0 spiro atoms. The molecule has 3 aromatic rings. The van der Waals surface area contributed by atoms with E-state index in [9.17, 15) is 0 Å². The Hall–Kier alpha value is -1.25. The first-order chi connectivity index (χ1) is 10.3. The van der Waals surface area contributed by atoms with Crippen LogP contribution in [0.2, 0.25) is 0 Å². The molecule has 2 aromatic heterocycles. The van der Waals surface area contributed by atoms with E-state index in [1.54, 1.807) is 11.3 Å². The van der Waals surface area contributed by atoms with E-state index in [1.807, 2.05) is 41.2 Å². The Morgan fingerprint density at radius 1 is 1.33 bits per heavy atom. The number of benzene rings is 1. The van der Waals surface area contributed by atoms with Gasteiger partial charge >= 0.3 is 0 Å². The maximum Gasteiger partial charge on any atom is 0.0860 e. The molecule has 21 heavy (non-hydrogen) atoms. The minimum Gasteiger partial charge on any atom is -0.305 e. The van der Waals surface area contributed by atoms with Crippen LogP contribution in [0.3, 0.4) is 0 Å². The minimum atomic E-state index is 0.102. The maximum atomic E-state index is 4.25. The molecule has 0 aliphatic heterocycles. The normalized spacial score (nSPS) is 12.5. The number of nitrogens with zero attached hydrogens (tertiary/aromatic N) is 3. The van der Waals surface area contributed by atoms with Crippen LogP contribution in [0.4, 0.5) is 0 Å². The monoisotopic (exact) mass is 410 g/mol. The van der Waals surface area contributed by atoms with Gasteiger partial charge in [0.15, 0.2) is 0 Å². The van der Waals surface area contributed by atoms with E-state index in [4.69, 9.17) is 0 Å². The van der Waals surface area contributed by atoms with E-state index in [-0.39, 0.29) is 6.04 Å². The molecule has 0 fully saturated rings. The van der Waals surface area contributed by atoms with E-state index >= 15 is 0 Å². The van der Waals surface area contributed by atoms with Gasteiger partial charge in [0, 0.05) is 0 Å². The topological polar surface area (TPSA) is 42.7 Å². The highest BCUT2D eigenvalue weighted by molar-refractivity contribution is 14.1. The van der Waals surface area contributed by atoms with E-state index in [1.165, 1.54) is 8.45 Å². The van der Waals surface area contributed by atoms with Crippen LogP contribution in [-0.2, 0) is 0 Å². The zero-order valence-corrected chi connectivity index (χ0v) is 14.5. The van der Waals surface area contributed by atoms with Crippen molar-refractivity contribution in [2.24, 2.45) is 0 Å². The summed E-state index contributed by atoms with van der Waals surface area (Å²) >= 11 is 4.11. The van der Waals surface area contributed by atoms with Crippen molar-refractivity contribution >= 4 is 33.9 Å². The summed E-state index contributed by atoms with van der Waals surface area (Å²) in [5.74, 6) is 0. The standard InChI is InChI=1S/C15H15IN4S/c1-2-17-15(11-8-14(16)21-10-11)13-9-18-19-20(13)12-6-4-3-5-7-12/h3-10,15,17H,2H2,1H3. The van der Waals surface area contributed by atoms with Crippen molar-refractivity contribution < 1.29 is 0 Å². The van der Waals surface area contributed by atoms with E-state index in [2.05, 4.69) is 56.6 Å². The molecule has 6 heteroatoms. The van der Waals surface area contributed by atoms with Crippen LogP contribution in [0, 0.1) is 2.88 Å². The van der Waals surface area contributed by atoms with Crippen molar-refractivity contribution in [2.45, 2.75) is 13.0 Å². The largest absolute Gasteiger partial charge is 0.305 e. The van der Waals surface area contributed by atoms with E-state index < -0.39 is 0 Å². The van der Waals surface area contributed by atoms with E-state index in [0.29, 0.717) is 0 Å². The predicted molar refractivity (Wildman–Crippen MR) is 93.9 cm³/mol. The Bertz CT molecular complexity index is 707. The Balaban J connectivity index is 2.03. The third kappa shape index (κ3) is 3.17. The summed E-state index contributed by atoms with van der Waals surface area (Å²) in [7, 11) is 0. The molecule has 0 aliphatic rings. The van der Waals surface area contributed by atoms with Crippen molar-refractivity contribution in [3.05, 3.63) is 62.1 Å². The maximum absolute atomic E-state index is 4.25. The van der Waals surface area contributed by atoms with Gasteiger partial charge in [-0.1, -0.05) is 30.3 Å². The fourth-order valence-corrected chi connectivity index (χ4v) is 3.68. The molecular formula is C15H15IN4S. The van der Waals surface area contributed by atoms with Crippen molar-refractivity contribution in [1.29, 1.82) is 0 Å². The Kier molecular flexibility index (Phi) is 4.67. The van der Waals surface area contributed by atoms with Crippen LogP contribution < -0.4 is 5.32 Å². The van der Waals surface area contributed by atoms with Crippen LogP contribution in [0.5, 0.6) is 0 Å². The SMILES string of the molecule is CCNC(c1csc(I)c1)c1cnnn1-c1ccccc1. The molecule has 1 unspecified atom stereocenters. The second-order valence-corrected chi connectivity index (χ2v) is 7.39. The summed E-state index contributed by atoms with van der Waals surface area (Å²) < 4.78 is 3.18. The van der Waals surface area contributed by atoms with E-state index in [0.717, 1.165) is 17.9 Å². The lowest BCUT2D eigenvalue weighted by atomic mass is 10.1. The van der Waals surface area contributed by atoms with Gasteiger partial charge in [-0.05, 0) is 58.3 Å². The summed E-state index contributed by atoms with van der Waals surface area (Å²) in [5, 5.41) is 14.1. The van der Waals surface area contributed by atoms with Crippen LogP contribution in [-0.4, -0.2) is 21.5 Å². The highest BCUT2D eigenvalue weighted by Crippen LogP contribution is 2.28. The molecule has 2 heterocycles. The van der Waals surface area contributed by atoms with Gasteiger partial charge in [0.25, 0.3) is 0 Å². The number of para-hydroxylation sites is 1. The zero-order valence-electron chi connectivity index (χ0n) is 11.5. The van der Waals surface area contributed by atoms with Gasteiger partial charge in [-0.2, -0.15) is 0 Å². The molecule has 1 N–H and O–H groups in total. The van der Waals surface area contributed by atoms with Crippen molar-refractivity contribution in [1.82, 2.24) is 20.3 Å². The summed E-state index contributed by atoms with van der Waals surface area (Å²) in [6.07, 6.45) is 1.84. The Morgan fingerprint density at radius 2 is 2.14 bits per heavy atom. The van der Waals surface area contributed by atoms with Crippen LogP contribution in [0.1, 0.15) is 24.2 Å². The van der Waals surface area contributed by atoms with Crippen LogP contribution >= 0.6 is 33.9 Å². The Labute approximate surface area is 141 Å². The molecule has 4 nitrogen and oxygen atoms in total. The van der Waals surface area contributed by atoms with Gasteiger partial charge in [0.2, 0.25) is 0 Å². The molecule has 0 amide bonds. The van der Waals surface area contributed by atoms with Gasteiger partial charge in [0.05, 0.1) is 26.5 Å². The molecule has 1 atom stereocenters. The third-order valence-corrected chi connectivity index (χ3v) is 5.01. The molecule has 0 radical (unpaired) electrons. The molecule has 3 rings (SSSR count). The average molecular weight is 410 g/mol. The molecule has 0 bridgehead atoms. The van der Waals surface area contributed by atoms with Crippen LogP contribution in [0.25, 0.3) is 5.69 Å². The van der Waals surface area contributed by atoms with Crippen molar-refractivity contribution in [2.75, 3.05) is 6.54 Å². The highest BCUT2D eigenvalue weighted by atomic mass is 127. The number of aromatic nitrogens is 3. The fraction of sp³-hybridized carbons (Fsp3) is 0.200. The highest BCUT2D eigenvalue weighted by Gasteiger charge is 2.20. The summed E-state index contributed by atoms with van der Waals surface area (Å²) in [5.41, 5.74) is 3.33. The molecular weight excluding hydrogens is 395 g/mol. The first-order valence-electron chi connectivity index (χ1n) is 6.73. The first kappa shape index (κ1) is 14.7. The number of hydrogen-bond acceptors (Lipinski definition) is 4. The lowest BCUT2D eigenvalue weighted by Gasteiger charge is -2.17. The average Bonchev–Trinajstić information content (AvgIpc) is 3.15. The fourth-order valence-electron chi connectivity index (χ4n) is 2.28. The molecule has 0 saturated carbocycles. The molecule has 108 valence electrons. The third-order valence-electron chi connectivity index (χ3n) is 3.20. The number of thiophene rings is 1. The van der Waals surface area contributed by atoms with Crippen molar-refractivity contribution in [3.63, 3.8) is 0 Å². The summed E-state index contributed by atoms with van der Waals surface area (Å²) in [6, 6.07) is 12.4. The van der Waals surface area contributed by atoms with Gasteiger partial charge in [0.1, 0.15) is 0 Å². The minimum absolute atomic E-state index is 0.102. The Morgan fingerprint density at radius 3 is 2.81 bits per heavy atom. The van der Waals surface area contributed by atoms with Gasteiger partial charge in [-0.25, -0.2) is 4.68 Å². The predicted octanol–water partition coefficient (Wildman–Crippen LogP) is 3.63. The summed E-state index contributed by atoms with van der Waals surface area (Å²) in [6.45, 7) is 3.00. The quantitative estimate of drug-likeness (QED) is 0.654. The molecule has 1 aromatic carbocycles. The molecule has 0 aliphatic carbocycles. The summed E-state index contributed by atoms with van der Waals surface area (Å²) in [4.78, 5) is 0. The smallest absolute Gasteiger partial charge is 0.0860 e. The first-order valence-corrected chi connectivity index (χ1v) is 8.68. The van der Waals surface area contributed by atoms with Crippen molar-refractivity contribution in [3.8, 4) is 5.69 Å². The zero-order chi connectivity index (χ0) is 14.7. The number of hydrogen-bond donors (Lipinski definition) is 1. The number of halogens is 1. The second kappa shape index (κ2) is 6.67. The van der Waals surface area contributed by atoms with Gasteiger partial charge in [-0.3, -0.25) is 0 Å². The van der Waals surface area contributed by atoms with Crippen LogP contribution in [0.15, 0.2) is 48.0 Å². The van der Waals surface area contributed by atoms with Gasteiger partial charge in [-0.15, -0.1) is 16.4 Å². The molecule has 0 saturated heterocycles. The van der Waals surface area contributed by atoms with Gasteiger partial charge < -0.3 is 5.32 Å². The second-order valence-electron chi connectivity index (χ2n) is 4.58. The number of rotatable bonds is 5. The lowest BCUT2D eigenvalue weighted by Crippen LogP contribution is -2.24. The number of nitrogens with one attached hydrogen (secondary N) is 1. The lowest BCUT2D eigenvalue weighted by molar-refractivity contribution is 0.593.